The van der Waals surface area contributed by atoms with Crippen molar-refractivity contribution in [3.8, 4) is 22.6 Å². The Bertz CT molecular complexity index is 984. The van der Waals surface area contributed by atoms with Crippen molar-refractivity contribution in [2.24, 2.45) is 0 Å². The van der Waals surface area contributed by atoms with Crippen LogP contribution in [0.15, 0.2) is 36.4 Å². The minimum Gasteiger partial charge on any atom is -0.490 e. The third kappa shape index (κ3) is 8.08. The van der Waals surface area contributed by atoms with Crippen LogP contribution in [0.4, 0.5) is 4.39 Å². The van der Waals surface area contributed by atoms with Gasteiger partial charge in [0.25, 0.3) is 0 Å². The minimum atomic E-state index is -1.03. The molecule has 0 saturated heterocycles. The zero-order valence-electron chi connectivity index (χ0n) is 21.2. The number of hydrogen-bond donors (Lipinski definition) is 2. The van der Waals surface area contributed by atoms with Crippen LogP contribution < -0.4 is 9.47 Å². The second-order valence-electron chi connectivity index (χ2n) is 8.43. The van der Waals surface area contributed by atoms with Crippen LogP contribution in [0, 0.1) is 5.82 Å². The lowest BCUT2D eigenvalue weighted by Crippen LogP contribution is -2.20. The molecule has 2 aromatic carbocycles. The molecule has 0 aromatic heterocycles. The van der Waals surface area contributed by atoms with E-state index < -0.39 is 18.2 Å². The molecule has 0 saturated carbocycles. The number of aliphatic hydroxyl groups excluding tert-OH is 2. The zero-order valence-corrected chi connectivity index (χ0v) is 21.2. The Morgan fingerprint density at radius 2 is 1.69 bits per heavy atom. The molecule has 2 atom stereocenters. The van der Waals surface area contributed by atoms with E-state index in [4.69, 9.17) is 14.2 Å². The number of ether oxygens (including phenoxy) is 3. The Morgan fingerprint density at radius 1 is 1.03 bits per heavy atom. The lowest BCUT2D eigenvalue weighted by atomic mass is 9.88. The van der Waals surface area contributed by atoms with Crippen molar-refractivity contribution in [2.75, 3.05) is 19.8 Å². The highest BCUT2D eigenvalue weighted by atomic mass is 19.1. The summed E-state index contributed by atoms with van der Waals surface area (Å²) in [5.41, 5.74) is 3.25. The molecule has 0 spiro atoms. The van der Waals surface area contributed by atoms with Gasteiger partial charge in [0.1, 0.15) is 5.82 Å². The first-order valence-electron chi connectivity index (χ1n) is 12.1. The van der Waals surface area contributed by atoms with Crippen molar-refractivity contribution >= 4 is 12.0 Å². The first-order chi connectivity index (χ1) is 16.7. The van der Waals surface area contributed by atoms with Gasteiger partial charge in [0.05, 0.1) is 38.4 Å². The highest BCUT2D eigenvalue weighted by molar-refractivity contribution is 5.85. The quantitative estimate of drug-likeness (QED) is 0.363. The van der Waals surface area contributed by atoms with E-state index in [2.05, 4.69) is 13.8 Å². The van der Waals surface area contributed by atoms with E-state index in [9.17, 15) is 19.4 Å². The summed E-state index contributed by atoms with van der Waals surface area (Å²) in [6.45, 7) is 10.7. The summed E-state index contributed by atoms with van der Waals surface area (Å²) >= 11 is 0. The molecule has 0 bridgehead atoms. The van der Waals surface area contributed by atoms with Crippen LogP contribution in [-0.4, -0.2) is 48.2 Å². The smallest absolute Gasteiger partial charge is 0.308 e. The Labute approximate surface area is 207 Å². The maximum absolute atomic E-state index is 13.7. The molecule has 0 aliphatic carbocycles. The molecule has 0 radical (unpaired) electrons. The van der Waals surface area contributed by atoms with Gasteiger partial charge in [-0.1, -0.05) is 38.1 Å². The highest BCUT2D eigenvalue weighted by Gasteiger charge is 2.22. The predicted octanol–water partition coefficient (Wildman–Crippen LogP) is 5.49. The molecule has 0 amide bonds. The van der Waals surface area contributed by atoms with Crippen LogP contribution in [0.25, 0.3) is 17.2 Å². The van der Waals surface area contributed by atoms with Gasteiger partial charge >= 0.3 is 5.97 Å². The molecule has 2 N–H and O–H groups in total. The Kier molecular flexibility index (Phi) is 11.2. The maximum Gasteiger partial charge on any atom is 0.308 e. The summed E-state index contributed by atoms with van der Waals surface area (Å²) in [6.07, 6.45) is 1.13. The van der Waals surface area contributed by atoms with Gasteiger partial charge in [0, 0.05) is 12.0 Å². The maximum atomic E-state index is 13.7. The summed E-state index contributed by atoms with van der Waals surface area (Å²) in [5.74, 6) is 0.390. The number of benzene rings is 2. The number of halogens is 1. The van der Waals surface area contributed by atoms with Gasteiger partial charge in [-0.25, -0.2) is 4.39 Å². The molecule has 0 heterocycles. The lowest BCUT2D eigenvalue weighted by Gasteiger charge is -2.23. The Balaban J connectivity index is 2.56. The monoisotopic (exact) mass is 488 g/mol. The molecule has 192 valence electrons. The molecule has 35 heavy (non-hydrogen) atoms. The Morgan fingerprint density at radius 3 is 2.26 bits per heavy atom. The number of carbonyl (C=O) groups excluding carboxylic acids is 1. The summed E-state index contributed by atoms with van der Waals surface area (Å²) < 4.78 is 30.5. The minimum absolute atomic E-state index is 0.0203. The highest BCUT2D eigenvalue weighted by Crippen LogP contribution is 2.45. The van der Waals surface area contributed by atoms with Crippen LogP contribution in [0.3, 0.4) is 0 Å². The summed E-state index contributed by atoms with van der Waals surface area (Å²) in [4.78, 5) is 11.6. The van der Waals surface area contributed by atoms with Gasteiger partial charge in [-0.15, -0.1) is 0 Å². The molecule has 7 heteroatoms. The summed E-state index contributed by atoms with van der Waals surface area (Å²) in [6, 6.07) is 8.09. The van der Waals surface area contributed by atoms with Gasteiger partial charge in [-0.3, -0.25) is 4.79 Å². The number of rotatable bonds is 13. The largest absolute Gasteiger partial charge is 0.490 e. The summed E-state index contributed by atoms with van der Waals surface area (Å²) in [7, 11) is 0. The van der Waals surface area contributed by atoms with Crippen molar-refractivity contribution in [3.05, 3.63) is 53.4 Å². The molecule has 0 fully saturated rings. The van der Waals surface area contributed by atoms with Crippen molar-refractivity contribution in [3.63, 3.8) is 0 Å². The number of aliphatic hydroxyl groups is 2. The van der Waals surface area contributed by atoms with E-state index in [1.165, 1.54) is 12.1 Å². The fourth-order valence-corrected chi connectivity index (χ4v) is 3.85. The third-order valence-electron chi connectivity index (χ3n) is 5.37. The average molecular weight is 489 g/mol. The van der Waals surface area contributed by atoms with Crippen LogP contribution in [0.2, 0.25) is 0 Å². The molecular weight excluding hydrogens is 451 g/mol. The second-order valence-corrected chi connectivity index (χ2v) is 8.43. The van der Waals surface area contributed by atoms with Gasteiger partial charge in [0.15, 0.2) is 11.5 Å². The molecule has 2 unspecified atom stereocenters. The van der Waals surface area contributed by atoms with E-state index in [-0.39, 0.29) is 31.2 Å². The summed E-state index contributed by atoms with van der Waals surface area (Å²) in [5, 5.41) is 20.7. The molecule has 2 rings (SSSR count). The first-order valence-corrected chi connectivity index (χ1v) is 12.1. The fourth-order valence-electron chi connectivity index (χ4n) is 3.85. The van der Waals surface area contributed by atoms with Crippen LogP contribution >= 0.6 is 0 Å². The van der Waals surface area contributed by atoms with Crippen molar-refractivity contribution in [1.82, 2.24) is 0 Å². The van der Waals surface area contributed by atoms with E-state index in [1.54, 1.807) is 31.2 Å². The van der Waals surface area contributed by atoms with Gasteiger partial charge in [0.2, 0.25) is 0 Å². The fraction of sp³-hybridized carbons (Fsp3) is 0.464. The molecular formula is C28H37FO6. The van der Waals surface area contributed by atoms with Gasteiger partial charge in [-0.05, 0) is 61.6 Å². The number of esters is 1. The van der Waals surface area contributed by atoms with Crippen LogP contribution in [-0.2, 0) is 9.53 Å². The number of carbonyl (C=O) groups is 1. The first kappa shape index (κ1) is 28.3. The van der Waals surface area contributed by atoms with Crippen molar-refractivity contribution < 1.29 is 33.6 Å². The average Bonchev–Trinajstić information content (AvgIpc) is 2.79. The van der Waals surface area contributed by atoms with Gasteiger partial charge < -0.3 is 24.4 Å². The Hall–Kier alpha value is -2.90. The molecule has 2 aromatic rings. The lowest BCUT2D eigenvalue weighted by molar-refractivity contribution is -0.145. The van der Waals surface area contributed by atoms with Crippen molar-refractivity contribution in [2.45, 2.75) is 65.6 Å². The normalized spacial score (nSPS) is 13.2. The topological polar surface area (TPSA) is 85.2 Å². The van der Waals surface area contributed by atoms with Gasteiger partial charge in [-0.2, -0.15) is 0 Å². The van der Waals surface area contributed by atoms with E-state index in [1.807, 2.05) is 19.9 Å². The van der Waals surface area contributed by atoms with Crippen LogP contribution in [0.1, 0.15) is 64.5 Å². The van der Waals surface area contributed by atoms with E-state index in [0.717, 1.165) is 22.3 Å². The second kappa shape index (κ2) is 13.9. The number of hydrogen-bond acceptors (Lipinski definition) is 6. The predicted molar refractivity (Wildman–Crippen MR) is 135 cm³/mol. The van der Waals surface area contributed by atoms with E-state index in [0.29, 0.717) is 24.7 Å². The van der Waals surface area contributed by atoms with E-state index >= 15 is 0 Å². The molecule has 6 nitrogen and oxygen atoms in total. The standard InChI is InChI=1S/C28H37FO6/c1-6-33-25-17-24(18(4)5)23(14-13-21(30)15-22(31)16-26(32)34-7-2)27(28(25)35-8-3)19-9-11-20(29)12-10-19/h9-14,17-18,21-22,30-31H,6-8,15-16H2,1-5H3. The molecule has 0 aliphatic rings. The van der Waals surface area contributed by atoms with Crippen molar-refractivity contribution in [1.29, 1.82) is 0 Å². The van der Waals surface area contributed by atoms with Crippen LogP contribution in [0.5, 0.6) is 11.5 Å². The SMILES string of the molecule is CCOC(=O)CC(O)CC(O)C=Cc1c(C(C)C)cc(OCC)c(OCC)c1-c1ccc(F)cc1. The molecule has 0 aliphatic heterocycles. The third-order valence-corrected chi connectivity index (χ3v) is 5.37. The zero-order chi connectivity index (χ0) is 26.0.